The van der Waals surface area contributed by atoms with Crippen molar-refractivity contribution in [2.24, 2.45) is 0 Å². The molecule has 0 fully saturated rings. The molecule has 68 valence electrons. The molecule has 0 unspecified atom stereocenters. The van der Waals surface area contributed by atoms with E-state index in [1.165, 1.54) is 59.5 Å². The second-order valence-electron chi connectivity index (χ2n) is 2.74. The van der Waals surface area contributed by atoms with E-state index in [9.17, 15) is 0 Å². The Labute approximate surface area is 93.5 Å². The van der Waals surface area contributed by atoms with Gasteiger partial charge >= 0.3 is 94.0 Å². The minimum atomic E-state index is -0.145. The fraction of sp³-hybridized carbons (Fsp3) is 1.00. The van der Waals surface area contributed by atoms with E-state index in [1.807, 2.05) is 0 Å². The summed E-state index contributed by atoms with van der Waals surface area (Å²) in [6.07, 6.45) is 7.64. The molecule has 0 radical (unpaired) electrons. The molecule has 0 aromatic heterocycles. The molecule has 0 nitrogen and oxygen atoms in total. The van der Waals surface area contributed by atoms with Gasteiger partial charge in [-0.05, 0) is 0 Å². The van der Waals surface area contributed by atoms with E-state index in [0.717, 1.165) is 6.42 Å². The van der Waals surface area contributed by atoms with Gasteiger partial charge in [0, 0.05) is 0 Å². The van der Waals surface area contributed by atoms with Crippen molar-refractivity contribution in [3.8, 4) is 0 Å². The van der Waals surface area contributed by atoms with Crippen molar-refractivity contribution in [3.05, 3.63) is 0 Å². The Morgan fingerprint density at radius 1 is 0.909 bits per heavy atom. The van der Waals surface area contributed by atoms with E-state index in [0.29, 0.717) is 0 Å². The molecule has 0 N–H and O–H groups in total. The monoisotopic (exact) mass is 304 g/mol. The average Bonchev–Trinajstić information content (AvgIpc) is 1.96. The summed E-state index contributed by atoms with van der Waals surface area (Å²) in [5.74, 6) is 0. The van der Waals surface area contributed by atoms with Gasteiger partial charge in [-0.2, -0.15) is 0 Å². The van der Waals surface area contributed by atoms with Gasteiger partial charge in [-0.25, -0.2) is 0 Å². The zero-order valence-corrected chi connectivity index (χ0v) is 11.7. The van der Waals surface area contributed by atoms with Crippen LogP contribution in [0.15, 0.2) is 0 Å². The summed E-state index contributed by atoms with van der Waals surface area (Å²) in [6.45, 7) is 0. The quantitative estimate of drug-likeness (QED) is 0.385. The van der Waals surface area contributed by atoms with Crippen molar-refractivity contribution >= 4 is 46.2 Å². The molecule has 0 bridgehead atoms. The van der Waals surface area contributed by atoms with Crippen LogP contribution in [0.25, 0.3) is 0 Å². The van der Waals surface area contributed by atoms with Gasteiger partial charge in [0.1, 0.15) is 0 Å². The molecule has 11 heavy (non-hydrogen) atoms. The fourth-order valence-corrected chi connectivity index (χ4v) is 2.11. The van der Waals surface area contributed by atoms with Crippen LogP contribution in [0.5, 0.6) is 0 Å². The Hall–Kier alpha value is 1.40. The van der Waals surface area contributed by atoms with Crippen molar-refractivity contribution < 1.29 is 0 Å². The number of hydrogen-bond acceptors (Lipinski definition) is 0. The molecule has 0 aliphatic rings. The maximum atomic E-state index is 5.59. The molecule has 0 aromatic rings. The molecule has 0 aliphatic heterocycles. The summed E-state index contributed by atoms with van der Waals surface area (Å²) in [5, 5.41) is 0. The predicted molar refractivity (Wildman–Crippen MR) is 56.5 cm³/mol. The molecular formula is C8H17Cl2Sb. The van der Waals surface area contributed by atoms with Crippen LogP contribution in [0, 0.1) is 0 Å². The fourth-order valence-electron chi connectivity index (χ4n) is 0.973. The first kappa shape index (κ1) is 12.4. The molecule has 0 aliphatic carbocycles. The SMILES string of the molecule is ClC(Cl)CCCCCC[CH2][SbH2]. The Balaban J connectivity index is 2.80. The van der Waals surface area contributed by atoms with Gasteiger partial charge in [-0.1, -0.05) is 0 Å². The Morgan fingerprint density at radius 2 is 1.45 bits per heavy atom. The molecule has 0 atom stereocenters. The third kappa shape index (κ3) is 11.4. The van der Waals surface area contributed by atoms with Gasteiger partial charge in [-0.3, -0.25) is 0 Å². The van der Waals surface area contributed by atoms with Crippen LogP contribution in [0.2, 0.25) is 4.37 Å². The van der Waals surface area contributed by atoms with Crippen LogP contribution >= 0.6 is 23.2 Å². The van der Waals surface area contributed by atoms with Crippen LogP contribution in [0.1, 0.15) is 38.5 Å². The zero-order chi connectivity index (χ0) is 8.53. The number of alkyl halides is 2. The van der Waals surface area contributed by atoms with E-state index < -0.39 is 0 Å². The zero-order valence-electron chi connectivity index (χ0n) is 6.86. The third-order valence-corrected chi connectivity index (χ3v) is 3.23. The summed E-state index contributed by atoms with van der Waals surface area (Å²) in [4.78, 5) is -0.145. The van der Waals surface area contributed by atoms with Crippen LogP contribution in [-0.2, 0) is 0 Å². The number of hydrogen-bond donors (Lipinski definition) is 0. The second-order valence-corrected chi connectivity index (χ2v) is 5.66. The third-order valence-electron chi connectivity index (χ3n) is 1.63. The summed E-state index contributed by atoms with van der Waals surface area (Å²) in [6, 6.07) is 0. The Bertz CT molecular complexity index is 76.5. The molecule has 0 rings (SSSR count). The van der Waals surface area contributed by atoms with Crippen LogP contribution < -0.4 is 0 Å². The average molecular weight is 306 g/mol. The van der Waals surface area contributed by atoms with E-state index in [-0.39, 0.29) is 4.84 Å². The van der Waals surface area contributed by atoms with Crippen LogP contribution in [0.3, 0.4) is 0 Å². The topological polar surface area (TPSA) is 0 Å². The van der Waals surface area contributed by atoms with Crippen LogP contribution in [0.4, 0.5) is 0 Å². The first-order chi connectivity index (χ1) is 5.27. The van der Waals surface area contributed by atoms with Gasteiger partial charge in [0.2, 0.25) is 0 Å². The van der Waals surface area contributed by atoms with E-state index in [4.69, 9.17) is 23.2 Å². The Morgan fingerprint density at radius 3 is 2.00 bits per heavy atom. The van der Waals surface area contributed by atoms with E-state index in [2.05, 4.69) is 0 Å². The Kier molecular flexibility index (Phi) is 10.7. The first-order valence-electron chi connectivity index (χ1n) is 4.25. The summed E-state index contributed by atoms with van der Waals surface area (Å²) >= 11 is 12.6. The van der Waals surface area contributed by atoms with Gasteiger partial charge in [0.25, 0.3) is 0 Å². The van der Waals surface area contributed by atoms with Gasteiger partial charge in [0.05, 0.1) is 0 Å². The molecule has 0 aromatic carbocycles. The van der Waals surface area contributed by atoms with Crippen molar-refractivity contribution in [1.82, 2.24) is 0 Å². The maximum absolute atomic E-state index is 5.59. The minimum absolute atomic E-state index is 0.145. The summed E-state index contributed by atoms with van der Waals surface area (Å²) in [7, 11) is 0. The molecular weight excluding hydrogens is 289 g/mol. The second kappa shape index (κ2) is 9.49. The molecule has 0 heterocycles. The van der Waals surface area contributed by atoms with Crippen molar-refractivity contribution in [2.45, 2.75) is 47.7 Å². The van der Waals surface area contributed by atoms with Gasteiger partial charge in [0.15, 0.2) is 0 Å². The number of halogens is 2. The number of rotatable bonds is 7. The van der Waals surface area contributed by atoms with Crippen molar-refractivity contribution in [3.63, 3.8) is 0 Å². The number of unbranched alkanes of at least 4 members (excludes halogenated alkanes) is 4. The van der Waals surface area contributed by atoms with Crippen molar-refractivity contribution in [2.75, 3.05) is 0 Å². The summed E-state index contributed by atoms with van der Waals surface area (Å²) < 4.78 is 1.44. The standard InChI is InChI=1S/C8H15Cl2.Sb.2H/c1-2-3-4-5-6-7-8(9)10;;;/h8H,1-7H2;;;. The molecule has 0 saturated carbocycles. The summed E-state index contributed by atoms with van der Waals surface area (Å²) in [5.41, 5.74) is 0. The van der Waals surface area contributed by atoms with Crippen LogP contribution in [-0.4, -0.2) is 27.9 Å². The van der Waals surface area contributed by atoms with E-state index >= 15 is 0 Å². The molecule has 0 amide bonds. The van der Waals surface area contributed by atoms with Crippen molar-refractivity contribution in [1.29, 1.82) is 0 Å². The van der Waals surface area contributed by atoms with E-state index in [1.54, 1.807) is 0 Å². The normalized spacial score (nSPS) is 10.9. The predicted octanol–water partition coefficient (Wildman–Crippen LogP) is 3.18. The first-order valence-corrected chi connectivity index (χ1v) is 7.46. The molecule has 0 saturated heterocycles. The van der Waals surface area contributed by atoms with Gasteiger partial charge in [-0.15, -0.1) is 0 Å². The van der Waals surface area contributed by atoms with Gasteiger partial charge < -0.3 is 0 Å². The molecule has 0 spiro atoms. The molecule has 3 heteroatoms.